The first-order valence-corrected chi connectivity index (χ1v) is 6.41. The summed E-state index contributed by atoms with van der Waals surface area (Å²) in [6.07, 6.45) is 1.99. The highest BCUT2D eigenvalue weighted by molar-refractivity contribution is 5.70. The van der Waals surface area contributed by atoms with Gasteiger partial charge in [-0.2, -0.15) is 4.98 Å². The van der Waals surface area contributed by atoms with E-state index in [0.29, 0.717) is 18.0 Å². The fourth-order valence-corrected chi connectivity index (χ4v) is 1.73. The minimum absolute atomic E-state index is 0.0416. The van der Waals surface area contributed by atoms with Crippen LogP contribution in [0.1, 0.15) is 13.3 Å². The van der Waals surface area contributed by atoms with Gasteiger partial charge in [0.15, 0.2) is 11.2 Å². The molecular weight excluding hydrogens is 262 g/mol. The van der Waals surface area contributed by atoms with E-state index in [1.54, 1.807) is 23.6 Å². The predicted octanol–water partition coefficient (Wildman–Crippen LogP) is -0.0694. The van der Waals surface area contributed by atoms with Crippen molar-refractivity contribution in [2.24, 2.45) is 0 Å². The summed E-state index contributed by atoms with van der Waals surface area (Å²) in [7, 11) is 3.58. The number of hydrogen-bond acceptors (Lipinski definition) is 6. The number of aromatic amines is 1. The Morgan fingerprint density at radius 3 is 2.90 bits per heavy atom. The normalized spacial score (nSPS) is 12.8. The van der Waals surface area contributed by atoms with E-state index in [0.717, 1.165) is 0 Å². The van der Waals surface area contributed by atoms with Crippen molar-refractivity contribution in [2.45, 2.75) is 26.2 Å². The number of aromatic nitrogens is 4. The van der Waals surface area contributed by atoms with Gasteiger partial charge >= 0.3 is 0 Å². The van der Waals surface area contributed by atoms with Gasteiger partial charge in [-0.25, -0.2) is 4.98 Å². The summed E-state index contributed by atoms with van der Waals surface area (Å²) in [4.78, 5) is 24.6. The quantitative estimate of drug-likeness (QED) is 0.769. The van der Waals surface area contributed by atoms with E-state index in [2.05, 4.69) is 15.0 Å². The Morgan fingerprint density at radius 1 is 1.55 bits per heavy atom. The minimum Gasteiger partial charge on any atom is -0.394 e. The van der Waals surface area contributed by atoms with E-state index >= 15 is 0 Å². The highest BCUT2D eigenvalue weighted by Crippen LogP contribution is 2.10. The van der Waals surface area contributed by atoms with Gasteiger partial charge in [0.2, 0.25) is 5.95 Å². The highest BCUT2D eigenvalue weighted by atomic mass is 16.5. The van der Waals surface area contributed by atoms with E-state index in [4.69, 9.17) is 9.84 Å². The first-order valence-electron chi connectivity index (χ1n) is 6.41. The van der Waals surface area contributed by atoms with E-state index < -0.39 is 0 Å². The molecule has 0 aliphatic carbocycles. The molecule has 0 aromatic carbocycles. The van der Waals surface area contributed by atoms with E-state index in [1.807, 2.05) is 6.92 Å². The monoisotopic (exact) mass is 281 g/mol. The lowest BCUT2D eigenvalue weighted by molar-refractivity contribution is -0.0238. The van der Waals surface area contributed by atoms with Crippen LogP contribution in [0.4, 0.5) is 5.95 Å². The summed E-state index contributed by atoms with van der Waals surface area (Å²) in [5.74, 6) is 0.457. The highest BCUT2D eigenvalue weighted by Gasteiger charge is 2.12. The molecule has 110 valence electrons. The molecule has 2 aromatic heterocycles. The zero-order valence-corrected chi connectivity index (χ0v) is 11.8. The Bertz CT molecular complexity index is 630. The lowest BCUT2D eigenvalue weighted by Crippen LogP contribution is -2.20. The Hall–Kier alpha value is -1.93. The second kappa shape index (κ2) is 6.02. The third-order valence-electron chi connectivity index (χ3n) is 2.99. The molecule has 1 atom stereocenters. The molecule has 8 nitrogen and oxygen atoms in total. The van der Waals surface area contributed by atoms with Crippen LogP contribution in [-0.4, -0.2) is 51.4 Å². The maximum absolute atomic E-state index is 11.9. The van der Waals surface area contributed by atoms with Crippen LogP contribution in [-0.2, 0) is 11.5 Å². The zero-order chi connectivity index (χ0) is 14.7. The molecular formula is C12H19N5O3. The van der Waals surface area contributed by atoms with Crippen molar-refractivity contribution in [3.05, 3.63) is 16.7 Å². The van der Waals surface area contributed by atoms with Crippen molar-refractivity contribution < 1.29 is 9.84 Å². The van der Waals surface area contributed by atoms with Crippen molar-refractivity contribution in [2.75, 3.05) is 25.6 Å². The number of H-pyrrole nitrogens is 1. The average molecular weight is 281 g/mol. The van der Waals surface area contributed by atoms with E-state index in [9.17, 15) is 4.79 Å². The Labute approximate surface area is 116 Å². The number of nitrogens with one attached hydrogen (secondary N) is 1. The van der Waals surface area contributed by atoms with Crippen LogP contribution in [0.3, 0.4) is 0 Å². The van der Waals surface area contributed by atoms with Crippen molar-refractivity contribution in [1.82, 2.24) is 19.5 Å². The molecule has 2 heterocycles. The fourth-order valence-electron chi connectivity index (χ4n) is 1.73. The summed E-state index contributed by atoms with van der Waals surface area (Å²) in [5, 5.41) is 9.10. The number of ether oxygens (including phenoxy) is 1. The second-order valence-electron chi connectivity index (χ2n) is 4.68. The molecule has 0 bridgehead atoms. The zero-order valence-electron chi connectivity index (χ0n) is 11.8. The molecule has 20 heavy (non-hydrogen) atoms. The molecule has 0 aliphatic heterocycles. The van der Waals surface area contributed by atoms with Gasteiger partial charge in [-0.3, -0.25) is 14.3 Å². The molecule has 2 rings (SSSR count). The number of hydrogen-bond donors (Lipinski definition) is 2. The number of aliphatic hydroxyl groups excluding tert-OH is 1. The van der Waals surface area contributed by atoms with Gasteiger partial charge in [0.1, 0.15) is 6.73 Å². The molecule has 8 heteroatoms. The standard InChI is InChI=1S/C12H19N5O3/c1-4-8(5-18)20-7-17-6-13-9-10(17)14-12(16(2)3)15-11(9)19/h6,8,18H,4-5,7H2,1-3H3,(H,14,15,19). The van der Waals surface area contributed by atoms with Crippen LogP contribution in [0, 0.1) is 0 Å². The number of rotatable bonds is 6. The van der Waals surface area contributed by atoms with Gasteiger partial charge in [-0.1, -0.05) is 6.92 Å². The fraction of sp³-hybridized carbons (Fsp3) is 0.583. The minimum atomic E-state index is -0.286. The summed E-state index contributed by atoms with van der Waals surface area (Å²) in [6, 6.07) is 0. The number of aliphatic hydroxyl groups is 1. The number of anilines is 1. The van der Waals surface area contributed by atoms with Crippen LogP contribution >= 0.6 is 0 Å². The van der Waals surface area contributed by atoms with Crippen molar-refractivity contribution >= 4 is 17.1 Å². The summed E-state index contributed by atoms with van der Waals surface area (Å²) in [6.45, 7) is 2.08. The first kappa shape index (κ1) is 14.5. The van der Waals surface area contributed by atoms with Crippen molar-refractivity contribution in [3.63, 3.8) is 0 Å². The molecule has 0 saturated carbocycles. The molecule has 2 aromatic rings. The molecule has 0 saturated heterocycles. The maximum atomic E-state index is 11.9. The van der Waals surface area contributed by atoms with Gasteiger partial charge in [-0.05, 0) is 6.42 Å². The topological polar surface area (TPSA) is 96.3 Å². The lowest BCUT2D eigenvalue weighted by Gasteiger charge is -2.14. The van der Waals surface area contributed by atoms with Crippen LogP contribution in [0.15, 0.2) is 11.1 Å². The third-order valence-corrected chi connectivity index (χ3v) is 2.99. The van der Waals surface area contributed by atoms with Gasteiger partial charge < -0.3 is 14.7 Å². The van der Waals surface area contributed by atoms with Gasteiger partial charge in [-0.15, -0.1) is 0 Å². The molecule has 0 fully saturated rings. The van der Waals surface area contributed by atoms with Crippen LogP contribution < -0.4 is 10.5 Å². The van der Waals surface area contributed by atoms with Crippen LogP contribution in [0.5, 0.6) is 0 Å². The first-order chi connectivity index (χ1) is 9.56. The maximum Gasteiger partial charge on any atom is 0.280 e. The second-order valence-corrected chi connectivity index (χ2v) is 4.68. The number of fused-ring (bicyclic) bond motifs is 1. The van der Waals surface area contributed by atoms with Crippen molar-refractivity contribution in [1.29, 1.82) is 0 Å². The SMILES string of the molecule is CCC(CO)OCn1cnc2c(=O)[nH]c(N(C)C)nc21. The lowest BCUT2D eigenvalue weighted by atomic mass is 10.3. The van der Waals surface area contributed by atoms with Gasteiger partial charge in [0, 0.05) is 14.1 Å². The summed E-state index contributed by atoms with van der Waals surface area (Å²) >= 11 is 0. The van der Waals surface area contributed by atoms with E-state index in [1.165, 1.54) is 6.33 Å². The average Bonchev–Trinajstić information content (AvgIpc) is 2.83. The van der Waals surface area contributed by atoms with Crippen LogP contribution in [0.25, 0.3) is 11.2 Å². The van der Waals surface area contributed by atoms with E-state index in [-0.39, 0.29) is 30.5 Å². The Morgan fingerprint density at radius 2 is 2.30 bits per heavy atom. The molecule has 0 radical (unpaired) electrons. The van der Waals surface area contributed by atoms with Gasteiger partial charge in [0.05, 0.1) is 19.0 Å². The Kier molecular flexibility index (Phi) is 4.35. The predicted molar refractivity (Wildman–Crippen MR) is 74.7 cm³/mol. The number of nitrogens with zero attached hydrogens (tertiary/aromatic N) is 4. The summed E-state index contributed by atoms with van der Waals surface area (Å²) < 4.78 is 7.19. The smallest absolute Gasteiger partial charge is 0.280 e. The van der Waals surface area contributed by atoms with Gasteiger partial charge in [0.25, 0.3) is 5.56 Å². The molecule has 2 N–H and O–H groups in total. The Balaban J connectivity index is 2.32. The molecule has 0 aliphatic rings. The third kappa shape index (κ3) is 2.81. The number of imidazole rings is 1. The molecule has 0 spiro atoms. The molecule has 0 amide bonds. The molecule has 1 unspecified atom stereocenters. The van der Waals surface area contributed by atoms with Crippen molar-refractivity contribution in [3.8, 4) is 0 Å². The summed E-state index contributed by atoms with van der Waals surface area (Å²) in [5.41, 5.74) is 0.452. The van der Waals surface area contributed by atoms with Crippen LogP contribution in [0.2, 0.25) is 0 Å². The largest absolute Gasteiger partial charge is 0.394 e.